The van der Waals surface area contributed by atoms with Gasteiger partial charge in [-0.2, -0.15) is 0 Å². The van der Waals surface area contributed by atoms with Crippen molar-refractivity contribution in [1.82, 2.24) is 0 Å². The molecular weight excluding hydrogens is 445 g/mol. The van der Waals surface area contributed by atoms with Crippen LogP contribution < -0.4 is 4.74 Å². The molecule has 0 radical (unpaired) electrons. The van der Waals surface area contributed by atoms with E-state index in [1.165, 1.54) is 36.4 Å². The van der Waals surface area contributed by atoms with E-state index >= 15 is 0 Å². The number of nitro groups is 1. The first-order valence-electron chi connectivity index (χ1n) is 8.96. The van der Waals surface area contributed by atoms with Gasteiger partial charge in [0.05, 0.1) is 9.95 Å². The van der Waals surface area contributed by atoms with Crippen molar-refractivity contribution in [2.75, 3.05) is 6.61 Å². The van der Waals surface area contributed by atoms with Crippen molar-refractivity contribution >= 4 is 40.6 Å². The van der Waals surface area contributed by atoms with E-state index in [1.54, 1.807) is 36.4 Å². The number of hydrogen-bond donors (Lipinski definition) is 0. The Morgan fingerprint density at radius 2 is 1.65 bits per heavy atom. The Labute approximate surface area is 187 Å². The number of benzene rings is 3. The molecule has 7 nitrogen and oxygen atoms in total. The fourth-order valence-corrected chi connectivity index (χ4v) is 3.16. The second-order valence-corrected chi connectivity index (χ2v) is 7.16. The van der Waals surface area contributed by atoms with Crippen LogP contribution in [0.5, 0.6) is 5.75 Å². The summed E-state index contributed by atoms with van der Waals surface area (Å²) in [6.07, 6.45) is -1.31. The van der Waals surface area contributed by atoms with E-state index in [0.29, 0.717) is 10.6 Å². The van der Waals surface area contributed by atoms with Crippen LogP contribution >= 0.6 is 23.2 Å². The lowest BCUT2D eigenvalue weighted by atomic mass is 9.99. The third-order valence-electron chi connectivity index (χ3n) is 4.19. The molecule has 31 heavy (non-hydrogen) atoms. The number of ketones is 1. The number of nitro benzene ring substituents is 1. The van der Waals surface area contributed by atoms with Gasteiger partial charge in [0, 0.05) is 28.3 Å². The topological polar surface area (TPSA) is 95.7 Å². The molecule has 0 unspecified atom stereocenters. The van der Waals surface area contributed by atoms with E-state index in [9.17, 15) is 19.7 Å². The first-order chi connectivity index (χ1) is 14.8. The quantitative estimate of drug-likeness (QED) is 0.192. The SMILES string of the molecule is O=C(COc1ccc(Cl)cc1Cl)O[C@H](C(=O)c1ccccc1)c1ccc([N+](=O)[O-])cc1. The largest absolute Gasteiger partial charge is 0.480 e. The number of non-ortho nitro benzene ring substituents is 1. The molecule has 0 heterocycles. The maximum atomic E-state index is 13.0. The van der Waals surface area contributed by atoms with E-state index in [2.05, 4.69) is 0 Å². The molecule has 3 aromatic carbocycles. The number of Topliss-reactive ketones (excluding diaryl/α,β-unsaturated/α-hetero) is 1. The van der Waals surface area contributed by atoms with Crippen molar-refractivity contribution in [3.63, 3.8) is 0 Å². The van der Waals surface area contributed by atoms with Crippen LogP contribution in [0.15, 0.2) is 72.8 Å². The van der Waals surface area contributed by atoms with Crippen LogP contribution in [0.25, 0.3) is 0 Å². The zero-order valence-corrected chi connectivity index (χ0v) is 17.4. The Bertz CT molecular complexity index is 1100. The minimum absolute atomic E-state index is 0.151. The number of carbonyl (C=O) groups excluding carboxylic acids is 2. The highest BCUT2D eigenvalue weighted by atomic mass is 35.5. The Hall–Kier alpha value is -3.42. The molecule has 0 spiro atoms. The van der Waals surface area contributed by atoms with Crippen LogP contribution in [0, 0.1) is 10.1 Å². The maximum absolute atomic E-state index is 13.0. The Kier molecular flexibility index (Phi) is 7.23. The number of halogens is 2. The summed E-state index contributed by atoms with van der Waals surface area (Å²) in [4.78, 5) is 35.7. The average molecular weight is 460 g/mol. The molecule has 9 heteroatoms. The van der Waals surface area contributed by atoms with Crippen LogP contribution in [0.4, 0.5) is 5.69 Å². The van der Waals surface area contributed by atoms with Crippen molar-refractivity contribution in [3.05, 3.63) is 104 Å². The van der Waals surface area contributed by atoms with Gasteiger partial charge in [-0.25, -0.2) is 4.79 Å². The lowest BCUT2D eigenvalue weighted by molar-refractivity contribution is -0.384. The third kappa shape index (κ3) is 5.81. The van der Waals surface area contributed by atoms with Gasteiger partial charge < -0.3 is 9.47 Å². The van der Waals surface area contributed by atoms with E-state index < -0.39 is 29.4 Å². The molecule has 0 aliphatic carbocycles. The standard InChI is InChI=1S/C22H15Cl2NO6/c23-16-8-11-19(18(24)12-16)30-13-20(26)31-22(21(27)14-4-2-1-3-5-14)15-6-9-17(10-7-15)25(28)29/h1-12,22H,13H2/t22-/m0/s1. The van der Waals surface area contributed by atoms with Gasteiger partial charge in [0.2, 0.25) is 5.78 Å². The van der Waals surface area contributed by atoms with E-state index in [-0.39, 0.29) is 22.0 Å². The van der Waals surface area contributed by atoms with Gasteiger partial charge in [0.15, 0.2) is 12.7 Å². The summed E-state index contributed by atoms with van der Waals surface area (Å²) in [5.41, 5.74) is 0.458. The molecule has 0 fully saturated rings. The third-order valence-corrected chi connectivity index (χ3v) is 4.72. The zero-order valence-electron chi connectivity index (χ0n) is 15.9. The van der Waals surface area contributed by atoms with Gasteiger partial charge in [0.1, 0.15) is 5.75 Å². The van der Waals surface area contributed by atoms with E-state index in [4.69, 9.17) is 32.7 Å². The highest BCUT2D eigenvalue weighted by Gasteiger charge is 2.27. The lowest BCUT2D eigenvalue weighted by Crippen LogP contribution is -2.23. The van der Waals surface area contributed by atoms with Gasteiger partial charge in [-0.1, -0.05) is 53.5 Å². The zero-order chi connectivity index (χ0) is 22.4. The van der Waals surface area contributed by atoms with Gasteiger partial charge in [-0.05, 0) is 30.3 Å². The summed E-state index contributed by atoms with van der Waals surface area (Å²) in [7, 11) is 0. The monoisotopic (exact) mass is 459 g/mol. The highest BCUT2D eigenvalue weighted by Crippen LogP contribution is 2.28. The molecule has 0 saturated heterocycles. The number of carbonyl (C=O) groups is 2. The molecule has 0 saturated carbocycles. The van der Waals surface area contributed by atoms with Gasteiger partial charge in [-0.15, -0.1) is 0 Å². The fourth-order valence-electron chi connectivity index (χ4n) is 2.69. The van der Waals surface area contributed by atoms with Crippen LogP contribution in [-0.2, 0) is 9.53 Å². The molecule has 1 atom stereocenters. The van der Waals surface area contributed by atoms with Crippen molar-refractivity contribution in [2.45, 2.75) is 6.10 Å². The second kappa shape index (κ2) is 10.1. The average Bonchev–Trinajstić information content (AvgIpc) is 2.77. The van der Waals surface area contributed by atoms with E-state index in [0.717, 1.165) is 0 Å². The molecule has 0 aromatic heterocycles. The summed E-state index contributed by atoms with van der Waals surface area (Å²) in [5.74, 6) is -1.07. The fraction of sp³-hybridized carbons (Fsp3) is 0.0909. The lowest BCUT2D eigenvalue weighted by Gasteiger charge is -2.18. The molecule has 158 valence electrons. The van der Waals surface area contributed by atoms with Gasteiger partial charge in [0.25, 0.3) is 5.69 Å². The molecule has 0 aliphatic rings. The first kappa shape index (κ1) is 22.3. The second-order valence-electron chi connectivity index (χ2n) is 6.31. The minimum atomic E-state index is -1.31. The van der Waals surface area contributed by atoms with Crippen molar-refractivity contribution < 1.29 is 24.0 Å². The number of hydrogen-bond acceptors (Lipinski definition) is 6. The molecule has 3 aromatic rings. The van der Waals surface area contributed by atoms with Crippen LogP contribution in [0.2, 0.25) is 10.0 Å². The summed E-state index contributed by atoms with van der Waals surface area (Å²) < 4.78 is 10.7. The smallest absolute Gasteiger partial charge is 0.345 e. The number of ether oxygens (including phenoxy) is 2. The summed E-state index contributed by atoms with van der Waals surface area (Å²) >= 11 is 11.8. The highest BCUT2D eigenvalue weighted by molar-refractivity contribution is 6.35. The Morgan fingerprint density at radius 3 is 2.26 bits per heavy atom. The Morgan fingerprint density at radius 1 is 0.968 bits per heavy atom. The van der Waals surface area contributed by atoms with Crippen LogP contribution in [0.1, 0.15) is 22.0 Å². The summed E-state index contributed by atoms with van der Waals surface area (Å²) in [6, 6.07) is 18.0. The number of esters is 1. The molecule has 0 bridgehead atoms. The Balaban J connectivity index is 1.79. The first-order valence-corrected chi connectivity index (χ1v) is 9.71. The molecular formula is C22H15Cl2NO6. The summed E-state index contributed by atoms with van der Waals surface area (Å²) in [6.45, 7) is -0.507. The van der Waals surface area contributed by atoms with Crippen molar-refractivity contribution in [2.24, 2.45) is 0 Å². The maximum Gasteiger partial charge on any atom is 0.345 e. The predicted molar refractivity (Wildman–Crippen MR) is 115 cm³/mol. The summed E-state index contributed by atoms with van der Waals surface area (Å²) in [5, 5.41) is 11.5. The number of nitrogens with zero attached hydrogens (tertiary/aromatic N) is 1. The van der Waals surface area contributed by atoms with Crippen molar-refractivity contribution in [1.29, 1.82) is 0 Å². The number of rotatable bonds is 8. The molecule has 3 rings (SSSR count). The van der Waals surface area contributed by atoms with Gasteiger partial charge >= 0.3 is 5.97 Å². The molecule has 0 N–H and O–H groups in total. The van der Waals surface area contributed by atoms with Gasteiger partial charge in [-0.3, -0.25) is 14.9 Å². The van der Waals surface area contributed by atoms with E-state index in [1.807, 2.05) is 0 Å². The molecule has 0 amide bonds. The molecule has 0 aliphatic heterocycles. The minimum Gasteiger partial charge on any atom is -0.480 e. The van der Waals surface area contributed by atoms with Crippen LogP contribution in [-0.4, -0.2) is 23.3 Å². The van der Waals surface area contributed by atoms with Crippen LogP contribution in [0.3, 0.4) is 0 Å². The normalized spacial score (nSPS) is 11.4. The predicted octanol–water partition coefficient (Wildman–Crippen LogP) is 5.45. The van der Waals surface area contributed by atoms with Crippen molar-refractivity contribution in [3.8, 4) is 5.75 Å².